The number of benzene rings is 1. The van der Waals surface area contributed by atoms with E-state index in [-0.39, 0.29) is 12.2 Å². The molecule has 2 N–H and O–H groups in total. The Balaban J connectivity index is 1.35. The third-order valence-electron chi connectivity index (χ3n) is 5.47. The molecule has 3 rings (SSSR count). The highest BCUT2D eigenvalue weighted by Crippen LogP contribution is 2.32. The predicted octanol–water partition coefficient (Wildman–Crippen LogP) is 2.65. The van der Waals surface area contributed by atoms with Gasteiger partial charge >= 0.3 is 6.09 Å². The number of carbonyl (C=O) groups is 1. The molecule has 1 aliphatic heterocycles. The molecule has 27 heavy (non-hydrogen) atoms. The SMILES string of the molecule is CCOC(=O)N1CCC(NCC(O)COC2CCCc3ccccc32)CC1. The summed E-state index contributed by atoms with van der Waals surface area (Å²) in [5.74, 6) is 0. The van der Waals surface area contributed by atoms with Crippen LogP contribution in [0.25, 0.3) is 0 Å². The average molecular weight is 376 g/mol. The Morgan fingerprint density at radius 1 is 1.30 bits per heavy atom. The largest absolute Gasteiger partial charge is 0.450 e. The van der Waals surface area contributed by atoms with Crippen LogP contribution in [0.15, 0.2) is 24.3 Å². The van der Waals surface area contributed by atoms with E-state index in [1.165, 1.54) is 11.1 Å². The van der Waals surface area contributed by atoms with E-state index in [0.717, 1.165) is 32.1 Å². The molecule has 6 heteroatoms. The van der Waals surface area contributed by atoms with E-state index >= 15 is 0 Å². The molecule has 1 heterocycles. The zero-order valence-corrected chi connectivity index (χ0v) is 16.2. The molecule has 150 valence electrons. The van der Waals surface area contributed by atoms with Crippen molar-refractivity contribution >= 4 is 6.09 Å². The number of aliphatic hydroxyl groups is 1. The van der Waals surface area contributed by atoms with Crippen molar-refractivity contribution in [3.05, 3.63) is 35.4 Å². The van der Waals surface area contributed by atoms with Crippen LogP contribution in [-0.2, 0) is 15.9 Å². The van der Waals surface area contributed by atoms with E-state index in [0.29, 0.717) is 38.9 Å². The van der Waals surface area contributed by atoms with Gasteiger partial charge in [0.05, 0.1) is 25.4 Å². The van der Waals surface area contributed by atoms with Crippen LogP contribution in [0.2, 0.25) is 0 Å². The van der Waals surface area contributed by atoms with E-state index in [9.17, 15) is 9.90 Å². The fraction of sp³-hybridized carbons (Fsp3) is 0.667. The Labute approximate surface area is 161 Å². The molecule has 6 nitrogen and oxygen atoms in total. The Kier molecular flexibility index (Phi) is 7.50. The third kappa shape index (κ3) is 5.67. The summed E-state index contributed by atoms with van der Waals surface area (Å²) >= 11 is 0. The van der Waals surface area contributed by atoms with Crippen molar-refractivity contribution < 1.29 is 19.4 Å². The Bertz CT molecular complexity index is 602. The first-order chi connectivity index (χ1) is 13.2. The number of nitrogens with one attached hydrogen (secondary N) is 1. The summed E-state index contributed by atoms with van der Waals surface area (Å²) in [6.45, 7) is 4.48. The average Bonchev–Trinajstić information content (AvgIpc) is 2.71. The van der Waals surface area contributed by atoms with Crippen molar-refractivity contribution in [2.24, 2.45) is 0 Å². The first-order valence-corrected chi connectivity index (χ1v) is 10.2. The molecule has 2 unspecified atom stereocenters. The summed E-state index contributed by atoms with van der Waals surface area (Å²) in [5, 5.41) is 13.7. The first kappa shape index (κ1) is 20.1. The van der Waals surface area contributed by atoms with E-state index in [1.807, 2.05) is 6.92 Å². The summed E-state index contributed by atoms with van der Waals surface area (Å²) in [6.07, 6.45) is 4.37. The topological polar surface area (TPSA) is 71.0 Å². The van der Waals surface area contributed by atoms with Crippen LogP contribution in [0.3, 0.4) is 0 Å². The van der Waals surface area contributed by atoms with Gasteiger partial charge in [-0.2, -0.15) is 0 Å². The van der Waals surface area contributed by atoms with E-state index in [2.05, 4.69) is 29.6 Å². The fourth-order valence-electron chi connectivity index (χ4n) is 3.95. The van der Waals surface area contributed by atoms with Gasteiger partial charge in [-0.05, 0) is 50.2 Å². The number of aryl methyl sites for hydroxylation is 1. The van der Waals surface area contributed by atoms with Crippen LogP contribution in [0.1, 0.15) is 49.8 Å². The molecule has 2 aliphatic rings. The number of piperidine rings is 1. The van der Waals surface area contributed by atoms with Crippen molar-refractivity contribution in [2.75, 3.05) is 32.8 Å². The molecule has 1 aromatic carbocycles. The molecule has 1 aromatic rings. The molecular formula is C21H32N2O4. The zero-order valence-electron chi connectivity index (χ0n) is 16.2. The van der Waals surface area contributed by atoms with Gasteiger partial charge in [0.15, 0.2) is 0 Å². The van der Waals surface area contributed by atoms with Gasteiger partial charge in [-0.25, -0.2) is 4.79 Å². The predicted molar refractivity (Wildman–Crippen MR) is 104 cm³/mol. The van der Waals surface area contributed by atoms with Gasteiger partial charge < -0.3 is 24.8 Å². The van der Waals surface area contributed by atoms with Gasteiger partial charge in [-0.15, -0.1) is 0 Å². The number of carbonyl (C=O) groups excluding carboxylic acids is 1. The standard InChI is InChI=1S/C21H32N2O4/c1-2-26-21(25)23-12-10-17(11-13-23)22-14-18(24)15-27-20-9-5-7-16-6-3-4-8-19(16)20/h3-4,6,8,17-18,20,22,24H,2,5,7,9-15H2,1H3. The minimum Gasteiger partial charge on any atom is -0.450 e. The first-order valence-electron chi connectivity index (χ1n) is 10.2. The summed E-state index contributed by atoms with van der Waals surface area (Å²) < 4.78 is 11.1. The van der Waals surface area contributed by atoms with Crippen molar-refractivity contribution in [1.29, 1.82) is 0 Å². The molecule has 1 aliphatic carbocycles. The molecular weight excluding hydrogens is 344 g/mol. The quantitative estimate of drug-likeness (QED) is 0.766. The van der Waals surface area contributed by atoms with E-state index in [4.69, 9.17) is 9.47 Å². The second kappa shape index (κ2) is 10.1. The van der Waals surface area contributed by atoms with Gasteiger partial charge in [0.25, 0.3) is 0 Å². The second-order valence-electron chi connectivity index (χ2n) is 7.44. The van der Waals surface area contributed by atoms with Gasteiger partial charge in [0, 0.05) is 25.7 Å². The molecule has 2 atom stereocenters. The number of hydrogen-bond donors (Lipinski definition) is 2. The van der Waals surface area contributed by atoms with Gasteiger partial charge in [-0.1, -0.05) is 24.3 Å². The van der Waals surface area contributed by atoms with Crippen LogP contribution in [0.5, 0.6) is 0 Å². The molecule has 1 saturated heterocycles. The van der Waals surface area contributed by atoms with Crippen molar-refractivity contribution in [3.63, 3.8) is 0 Å². The van der Waals surface area contributed by atoms with Gasteiger partial charge in [0.1, 0.15) is 0 Å². The van der Waals surface area contributed by atoms with Crippen LogP contribution >= 0.6 is 0 Å². The lowest BCUT2D eigenvalue weighted by Gasteiger charge is -2.32. The van der Waals surface area contributed by atoms with Crippen LogP contribution in [-0.4, -0.2) is 61.1 Å². The lowest BCUT2D eigenvalue weighted by atomic mass is 9.89. The molecule has 1 fully saturated rings. The zero-order chi connectivity index (χ0) is 19.1. The van der Waals surface area contributed by atoms with Crippen LogP contribution in [0.4, 0.5) is 4.79 Å². The molecule has 0 bridgehead atoms. The lowest BCUT2D eigenvalue weighted by Crippen LogP contribution is -2.47. The molecule has 0 spiro atoms. The van der Waals surface area contributed by atoms with Crippen molar-refractivity contribution in [1.82, 2.24) is 10.2 Å². The number of rotatable bonds is 7. The number of likely N-dealkylation sites (tertiary alicyclic amines) is 1. The number of hydrogen-bond acceptors (Lipinski definition) is 5. The van der Waals surface area contributed by atoms with Gasteiger partial charge in [0.2, 0.25) is 0 Å². The highest BCUT2D eigenvalue weighted by molar-refractivity contribution is 5.67. The normalized spacial score (nSPS) is 21.6. The second-order valence-corrected chi connectivity index (χ2v) is 7.44. The number of fused-ring (bicyclic) bond motifs is 1. The summed E-state index contributed by atoms with van der Waals surface area (Å²) in [7, 11) is 0. The van der Waals surface area contributed by atoms with E-state index in [1.54, 1.807) is 4.90 Å². The maximum absolute atomic E-state index is 11.7. The van der Waals surface area contributed by atoms with Gasteiger partial charge in [-0.3, -0.25) is 0 Å². The Morgan fingerprint density at radius 3 is 2.85 bits per heavy atom. The maximum Gasteiger partial charge on any atom is 0.409 e. The summed E-state index contributed by atoms with van der Waals surface area (Å²) in [5.41, 5.74) is 2.64. The number of amides is 1. The van der Waals surface area contributed by atoms with Crippen molar-refractivity contribution in [2.45, 2.75) is 57.3 Å². The Hall–Kier alpha value is -1.63. The molecule has 0 saturated carbocycles. The fourth-order valence-corrected chi connectivity index (χ4v) is 3.95. The maximum atomic E-state index is 11.7. The Morgan fingerprint density at radius 2 is 2.07 bits per heavy atom. The van der Waals surface area contributed by atoms with E-state index < -0.39 is 6.10 Å². The minimum absolute atomic E-state index is 0.0948. The monoisotopic (exact) mass is 376 g/mol. The number of ether oxygens (including phenoxy) is 2. The molecule has 0 aromatic heterocycles. The summed E-state index contributed by atoms with van der Waals surface area (Å²) in [6, 6.07) is 8.77. The highest BCUT2D eigenvalue weighted by atomic mass is 16.6. The summed E-state index contributed by atoms with van der Waals surface area (Å²) in [4.78, 5) is 13.5. The van der Waals surface area contributed by atoms with Crippen LogP contribution < -0.4 is 5.32 Å². The van der Waals surface area contributed by atoms with Crippen molar-refractivity contribution in [3.8, 4) is 0 Å². The lowest BCUT2D eigenvalue weighted by molar-refractivity contribution is -0.0179. The number of aliphatic hydroxyl groups excluding tert-OH is 1. The molecule has 1 amide bonds. The third-order valence-corrected chi connectivity index (χ3v) is 5.47. The minimum atomic E-state index is -0.526. The smallest absolute Gasteiger partial charge is 0.409 e. The molecule has 0 radical (unpaired) electrons. The van der Waals surface area contributed by atoms with Crippen LogP contribution in [0, 0.1) is 0 Å². The highest BCUT2D eigenvalue weighted by Gasteiger charge is 2.24. The number of nitrogens with zero attached hydrogens (tertiary/aromatic N) is 1.